The number of likely N-dealkylation sites (N-methyl/N-ethyl adjacent to an activating group) is 1. The predicted octanol–water partition coefficient (Wildman–Crippen LogP) is 4.93. The number of hydrogen-bond acceptors (Lipinski definition) is 4. The Bertz CT molecular complexity index is 966. The van der Waals surface area contributed by atoms with Crippen LogP contribution in [0.4, 0.5) is 10.1 Å². The molecule has 1 N–H and O–H groups in total. The molecule has 0 spiro atoms. The van der Waals surface area contributed by atoms with Gasteiger partial charge in [0.1, 0.15) is 5.82 Å². The fraction of sp³-hybridized carbons (Fsp3) is 0.348. The lowest BCUT2D eigenvalue weighted by molar-refractivity contribution is 0.0897. The first-order valence-corrected chi connectivity index (χ1v) is 10.9. The van der Waals surface area contributed by atoms with E-state index in [4.69, 9.17) is 0 Å². The summed E-state index contributed by atoms with van der Waals surface area (Å²) in [5, 5.41) is 4.29. The van der Waals surface area contributed by atoms with E-state index < -0.39 is 0 Å². The number of nitrogens with zero attached hydrogens (tertiary/aromatic N) is 3. The standard InChI is InChI=1S/C23H26BrFN4/c1-28-12-13-29(22(16-28)17-6-3-2-4-7-17)11-5-9-26-21-8-10-27-23-19(21)14-18(25)15-20(23)24/h2-4,6-8,10,14-15,22H,5,9,11-13,16H2,1H3,(H,26,27). The highest BCUT2D eigenvalue weighted by atomic mass is 79.9. The van der Waals surface area contributed by atoms with E-state index in [1.165, 1.54) is 11.6 Å². The van der Waals surface area contributed by atoms with Crippen molar-refractivity contribution in [2.45, 2.75) is 12.5 Å². The fourth-order valence-corrected chi connectivity index (χ4v) is 4.59. The van der Waals surface area contributed by atoms with Crippen LogP contribution >= 0.6 is 15.9 Å². The predicted molar refractivity (Wildman–Crippen MR) is 121 cm³/mol. The molecule has 6 heteroatoms. The zero-order valence-corrected chi connectivity index (χ0v) is 18.2. The van der Waals surface area contributed by atoms with Crippen molar-refractivity contribution in [1.29, 1.82) is 0 Å². The molecule has 29 heavy (non-hydrogen) atoms. The van der Waals surface area contributed by atoms with Crippen molar-refractivity contribution in [1.82, 2.24) is 14.8 Å². The fourth-order valence-electron chi connectivity index (χ4n) is 4.05. The summed E-state index contributed by atoms with van der Waals surface area (Å²) in [5.74, 6) is -0.261. The van der Waals surface area contributed by atoms with Crippen molar-refractivity contribution in [3.05, 3.63) is 70.6 Å². The van der Waals surface area contributed by atoms with Gasteiger partial charge in [-0.25, -0.2) is 4.39 Å². The third-order valence-electron chi connectivity index (χ3n) is 5.58. The van der Waals surface area contributed by atoms with Crippen LogP contribution in [0.15, 0.2) is 59.2 Å². The summed E-state index contributed by atoms with van der Waals surface area (Å²) in [5.41, 5.74) is 3.08. The molecule has 0 saturated carbocycles. The average molecular weight is 457 g/mol. The molecular weight excluding hydrogens is 431 g/mol. The molecule has 2 aromatic carbocycles. The van der Waals surface area contributed by atoms with Gasteiger partial charge in [-0.2, -0.15) is 0 Å². The lowest BCUT2D eigenvalue weighted by Crippen LogP contribution is -2.47. The second-order valence-electron chi connectivity index (χ2n) is 7.65. The summed E-state index contributed by atoms with van der Waals surface area (Å²) < 4.78 is 14.5. The van der Waals surface area contributed by atoms with Gasteiger partial charge in [-0.05, 0) is 53.2 Å². The van der Waals surface area contributed by atoms with Crippen molar-refractivity contribution >= 4 is 32.5 Å². The first-order valence-electron chi connectivity index (χ1n) is 10.1. The second kappa shape index (κ2) is 9.20. The zero-order valence-electron chi connectivity index (χ0n) is 16.6. The van der Waals surface area contributed by atoms with Crippen molar-refractivity contribution < 1.29 is 4.39 Å². The lowest BCUT2D eigenvalue weighted by atomic mass is 10.0. The van der Waals surface area contributed by atoms with E-state index in [1.807, 2.05) is 6.07 Å². The van der Waals surface area contributed by atoms with E-state index in [9.17, 15) is 4.39 Å². The molecule has 2 heterocycles. The Labute approximate surface area is 179 Å². The maximum atomic E-state index is 13.8. The van der Waals surface area contributed by atoms with Gasteiger partial charge in [-0.15, -0.1) is 0 Å². The van der Waals surface area contributed by atoms with E-state index in [-0.39, 0.29) is 5.82 Å². The molecule has 0 amide bonds. The molecule has 4 rings (SSSR count). The zero-order chi connectivity index (χ0) is 20.2. The third-order valence-corrected chi connectivity index (χ3v) is 6.18. The van der Waals surface area contributed by atoms with Crippen LogP contribution in [0.1, 0.15) is 18.0 Å². The number of pyridine rings is 1. The van der Waals surface area contributed by atoms with E-state index in [0.29, 0.717) is 10.5 Å². The van der Waals surface area contributed by atoms with Gasteiger partial charge in [-0.1, -0.05) is 30.3 Å². The van der Waals surface area contributed by atoms with E-state index in [2.05, 4.69) is 73.4 Å². The van der Waals surface area contributed by atoms with Crippen molar-refractivity contribution in [2.24, 2.45) is 0 Å². The van der Waals surface area contributed by atoms with Gasteiger partial charge in [0.25, 0.3) is 0 Å². The van der Waals surface area contributed by atoms with Crippen LogP contribution < -0.4 is 5.32 Å². The van der Waals surface area contributed by atoms with Gasteiger partial charge in [0.05, 0.1) is 5.52 Å². The van der Waals surface area contributed by atoms with Crippen LogP contribution in [0.25, 0.3) is 10.9 Å². The molecule has 0 aliphatic carbocycles. The molecule has 1 saturated heterocycles. The first-order chi connectivity index (χ1) is 14.1. The molecule has 0 radical (unpaired) electrons. The van der Waals surface area contributed by atoms with Crippen LogP contribution in [-0.2, 0) is 0 Å². The molecule has 0 bridgehead atoms. The molecule has 152 valence electrons. The molecule has 1 aliphatic rings. The third kappa shape index (κ3) is 4.77. The van der Waals surface area contributed by atoms with E-state index >= 15 is 0 Å². The van der Waals surface area contributed by atoms with Gasteiger partial charge in [0.2, 0.25) is 0 Å². The monoisotopic (exact) mass is 456 g/mol. The van der Waals surface area contributed by atoms with Gasteiger partial charge in [0.15, 0.2) is 0 Å². The number of aromatic nitrogens is 1. The number of fused-ring (bicyclic) bond motifs is 1. The van der Waals surface area contributed by atoms with Gasteiger partial charge < -0.3 is 10.2 Å². The van der Waals surface area contributed by atoms with Crippen molar-refractivity contribution in [3.63, 3.8) is 0 Å². The molecular formula is C23H26BrFN4. The largest absolute Gasteiger partial charge is 0.384 e. The molecule has 1 unspecified atom stereocenters. The Morgan fingerprint density at radius 3 is 2.83 bits per heavy atom. The van der Waals surface area contributed by atoms with Gasteiger partial charge >= 0.3 is 0 Å². The highest BCUT2D eigenvalue weighted by Crippen LogP contribution is 2.29. The number of halogens is 2. The summed E-state index contributed by atoms with van der Waals surface area (Å²) in [6.45, 7) is 5.09. The molecule has 3 aromatic rings. The summed E-state index contributed by atoms with van der Waals surface area (Å²) >= 11 is 3.41. The summed E-state index contributed by atoms with van der Waals surface area (Å²) in [7, 11) is 2.20. The number of anilines is 1. The first kappa shape index (κ1) is 20.3. The Balaban J connectivity index is 1.39. The van der Waals surface area contributed by atoms with Crippen LogP contribution in [0, 0.1) is 5.82 Å². The normalized spacial score (nSPS) is 18.2. The number of rotatable bonds is 6. The topological polar surface area (TPSA) is 31.4 Å². The molecule has 1 fully saturated rings. The van der Waals surface area contributed by atoms with Crippen LogP contribution in [0.3, 0.4) is 0 Å². The van der Waals surface area contributed by atoms with Crippen LogP contribution in [0.5, 0.6) is 0 Å². The van der Waals surface area contributed by atoms with Crippen LogP contribution in [-0.4, -0.2) is 54.6 Å². The average Bonchev–Trinajstić information content (AvgIpc) is 2.73. The lowest BCUT2D eigenvalue weighted by Gasteiger charge is -2.40. The Morgan fingerprint density at radius 2 is 2.00 bits per heavy atom. The summed E-state index contributed by atoms with van der Waals surface area (Å²) in [6.07, 6.45) is 2.78. The SMILES string of the molecule is CN1CCN(CCCNc2ccnc3c(Br)cc(F)cc23)C(c2ccccc2)C1. The quantitative estimate of drug-likeness (QED) is 0.532. The maximum Gasteiger partial charge on any atom is 0.125 e. The van der Waals surface area contributed by atoms with Crippen molar-refractivity contribution in [3.8, 4) is 0 Å². The Kier molecular flexibility index (Phi) is 6.43. The van der Waals surface area contributed by atoms with Gasteiger partial charge in [-0.3, -0.25) is 9.88 Å². The highest BCUT2D eigenvalue weighted by molar-refractivity contribution is 9.10. The molecule has 4 nitrogen and oxygen atoms in total. The summed E-state index contributed by atoms with van der Waals surface area (Å²) in [4.78, 5) is 9.35. The minimum atomic E-state index is -0.261. The Morgan fingerprint density at radius 1 is 1.17 bits per heavy atom. The second-order valence-corrected chi connectivity index (χ2v) is 8.50. The minimum absolute atomic E-state index is 0.261. The Hall–Kier alpha value is -2.02. The number of hydrogen-bond donors (Lipinski definition) is 1. The molecule has 1 aliphatic heterocycles. The molecule has 1 atom stereocenters. The summed E-state index contributed by atoms with van der Waals surface area (Å²) in [6, 6.07) is 16.1. The van der Waals surface area contributed by atoms with E-state index in [0.717, 1.165) is 55.7 Å². The van der Waals surface area contributed by atoms with E-state index in [1.54, 1.807) is 12.3 Å². The number of piperazine rings is 1. The maximum absolute atomic E-state index is 13.8. The highest BCUT2D eigenvalue weighted by Gasteiger charge is 2.25. The van der Waals surface area contributed by atoms with Crippen molar-refractivity contribution in [2.75, 3.05) is 45.1 Å². The molecule has 1 aromatic heterocycles. The number of benzene rings is 2. The van der Waals surface area contributed by atoms with Gasteiger partial charge in [0, 0.05) is 60.5 Å². The van der Waals surface area contributed by atoms with Crippen LogP contribution in [0.2, 0.25) is 0 Å². The minimum Gasteiger partial charge on any atom is -0.384 e. The number of nitrogens with one attached hydrogen (secondary N) is 1. The smallest absolute Gasteiger partial charge is 0.125 e.